The Labute approximate surface area is 128 Å². The van der Waals surface area contributed by atoms with Gasteiger partial charge in [0.25, 0.3) is 0 Å². The molecule has 106 valence electrons. The molecule has 3 rings (SSSR count). The fourth-order valence-electron chi connectivity index (χ4n) is 2.12. The van der Waals surface area contributed by atoms with Crippen molar-refractivity contribution < 1.29 is 4.74 Å². The van der Waals surface area contributed by atoms with Crippen LogP contribution in [0.15, 0.2) is 54.7 Å². The minimum absolute atomic E-state index is 0.0566. The van der Waals surface area contributed by atoms with Crippen LogP contribution in [-0.4, -0.2) is 4.98 Å². The molecule has 1 atom stereocenters. The summed E-state index contributed by atoms with van der Waals surface area (Å²) in [6.45, 7) is 1.92. The van der Waals surface area contributed by atoms with Gasteiger partial charge in [0, 0.05) is 11.4 Å². The first-order chi connectivity index (χ1) is 10.1. The van der Waals surface area contributed by atoms with Gasteiger partial charge in [0.2, 0.25) is 0 Å². The number of aromatic nitrogens is 1. The Balaban J connectivity index is 1.91. The third-order valence-electron chi connectivity index (χ3n) is 3.27. The molecule has 1 aromatic heterocycles. The Morgan fingerprint density at radius 3 is 2.71 bits per heavy atom. The summed E-state index contributed by atoms with van der Waals surface area (Å²) in [5.41, 5.74) is 7.75. The molecular formula is C17H15ClN2O. The predicted octanol–water partition coefficient (Wildman–Crippen LogP) is 4.70. The van der Waals surface area contributed by atoms with Crippen LogP contribution >= 0.6 is 11.6 Å². The van der Waals surface area contributed by atoms with Gasteiger partial charge < -0.3 is 10.5 Å². The smallest absolute Gasteiger partial charge is 0.146 e. The zero-order valence-electron chi connectivity index (χ0n) is 11.6. The average Bonchev–Trinajstić information content (AvgIpc) is 2.49. The van der Waals surface area contributed by atoms with Crippen LogP contribution in [0, 0.1) is 0 Å². The number of halogens is 1. The van der Waals surface area contributed by atoms with Crippen LogP contribution in [0.25, 0.3) is 10.9 Å². The fourth-order valence-corrected chi connectivity index (χ4v) is 2.34. The molecule has 0 aliphatic carbocycles. The van der Waals surface area contributed by atoms with Crippen LogP contribution in [0.2, 0.25) is 5.02 Å². The SMILES string of the molecule is C[C@@H](N)c1ccc(Oc2cnc3ccccc3c2)c(Cl)c1. The highest BCUT2D eigenvalue weighted by molar-refractivity contribution is 6.32. The molecule has 0 spiro atoms. The van der Waals surface area contributed by atoms with E-state index in [0.29, 0.717) is 16.5 Å². The number of fused-ring (bicyclic) bond motifs is 1. The van der Waals surface area contributed by atoms with E-state index >= 15 is 0 Å². The number of nitrogens with two attached hydrogens (primary N) is 1. The first-order valence-electron chi connectivity index (χ1n) is 6.71. The van der Waals surface area contributed by atoms with Gasteiger partial charge in [-0.15, -0.1) is 0 Å². The third kappa shape index (κ3) is 2.99. The minimum Gasteiger partial charge on any atom is -0.454 e. The lowest BCUT2D eigenvalue weighted by Gasteiger charge is -2.11. The Bertz CT molecular complexity index is 787. The third-order valence-corrected chi connectivity index (χ3v) is 3.57. The molecule has 2 N–H and O–H groups in total. The van der Waals surface area contributed by atoms with E-state index in [1.54, 1.807) is 6.20 Å². The van der Waals surface area contributed by atoms with Crippen molar-refractivity contribution in [3.63, 3.8) is 0 Å². The van der Waals surface area contributed by atoms with E-state index in [4.69, 9.17) is 22.1 Å². The van der Waals surface area contributed by atoms with Crippen molar-refractivity contribution in [3.05, 3.63) is 65.3 Å². The highest BCUT2D eigenvalue weighted by Gasteiger charge is 2.07. The molecule has 0 amide bonds. The summed E-state index contributed by atoms with van der Waals surface area (Å²) in [7, 11) is 0. The highest BCUT2D eigenvalue weighted by Crippen LogP contribution is 2.32. The zero-order chi connectivity index (χ0) is 14.8. The van der Waals surface area contributed by atoms with Crippen LogP contribution in [-0.2, 0) is 0 Å². The van der Waals surface area contributed by atoms with E-state index in [2.05, 4.69) is 4.98 Å². The van der Waals surface area contributed by atoms with Crippen LogP contribution in [0.5, 0.6) is 11.5 Å². The first-order valence-corrected chi connectivity index (χ1v) is 7.09. The van der Waals surface area contributed by atoms with Gasteiger partial charge in [-0.1, -0.05) is 35.9 Å². The molecule has 0 bridgehead atoms. The molecule has 0 saturated carbocycles. The Morgan fingerprint density at radius 1 is 1.14 bits per heavy atom. The van der Waals surface area contributed by atoms with E-state index in [9.17, 15) is 0 Å². The van der Waals surface area contributed by atoms with E-state index in [-0.39, 0.29) is 6.04 Å². The van der Waals surface area contributed by atoms with Gasteiger partial charge in [0.1, 0.15) is 11.5 Å². The summed E-state index contributed by atoms with van der Waals surface area (Å²) < 4.78 is 5.82. The predicted molar refractivity (Wildman–Crippen MR) is 85.9 cm³/mol. The van der Waals surface area contributed by atoms with Crippen molar-refractivity contribution >= 4 is 22.5 Å². The van der Waals surface area contributed by atoms with Gasteiger partial charge in [-0.3, -0.25) is 4.98 Å². The van der Waals surface area contributed by atoms with Crippen molar-refractivity contribution in [2.45, 2.75) is 13.0 Å². The Hall–Kier alpha value is -2.10. The molecule has 21 heavy (non-hydrogen) atoms. The number of pyridine rings is 1. The number of hydrogen-bond donors (Lipinski definition) is 1. The van der Waals surface area contributed by atoms with E-state index in [1.165, 1.54) is 0 Å². The standard InChI is InChI=1S/C17H15ClN2O/c1-11(19)12-6-7-17(15(18)9-12)21-14-8-13-4-2-3-5-16(13)20-10-14/h2-11H,19H2,1H3/t11-/m1/s1. The van der Waals surface area contributed by atoms with Gasteiger partial charge in [-0.05, 0) is 36.8 Å². The highest BCUT2D eigenvalue weighted by atomic mass is 35.5. The molecule has 0 unspecified atom stereocenters. The second-order valence-electron chi connectivity index (χ2n) is 4.94. The Kier molecular flexibility index (Phi) is 3.78. The van der Waals surface area contributed by atoms with Gasteiger partial charge in [-0.25, -0.2) is 0 Å². The van der Waals surface area contributed by atoms with E-state index < -0.39 is 0 Å². The Morgan fingerprint density at radius 2 is 1.95 bits per heavy atom. The molecule has 3 nitrogen and oxygen atoms in total. The number of nitrogens with zero attached hydrogens (tertiary/aromatic N) is 1. The van der Waals surface area contributed by atoms with Gasteiger partial charge >= 0.3 is 0 Å². The zero-order valence-corrected chi connectivity index (χ0v) is 12.3. The van der Waals surface area contributed by atoms with Crippen molar-refractivity contribution in [3.8, 4) is 11.5 Å². The first kappa shape index (κ1) is 13.9. The lowest BCUT2D eigenvalue weighted by molar-refractivity contribution is 0.481. The van der Waals surface area contributed by atoms with Crippen molar-refractivity contribution in [1.82, 2.24) is 4.98 Å². The summed E-state index contributed by atoms with van der Waals surface area (Å²) in [6.07, 6.45) is 1.69. The molecule has 3 aromatic rings. The topological polar surface area (TPSA) is 48.1 Å². The molecule has 0 fully saturated rings. The van der Waals surface area contributed by atoms with Gasteiger partial charge in [-0.2, -0.15) is 0 Å². The normalized spacial score (nSPS) is 12.3. The van der Waals surface area contributed by atoms with Crippen LogP contribution in [0.4, 0.5) is 0 Å². The lowest BCUT2D eigenvalue weighted by atomic mass is 10.1. The van der Waals surface area contributed by atoms with Crippen molar-refractivity contribution in [1.29, 1.82) is 0 Å². The molecule has 0 saturated heterocycles. The van der Waals surface area contributed by atoms with Crippen molar-refractivity contribution in [2.24, 2.45) is 5.73 Å². The second-order valence-corrected chi connectivity index (χ2v) is 5.35. The molecule has 0 radical (unpaired) electrons. The number of para-hydroxylation sites is 1. The maximum Gasteiger partial charge on any atom is 0.146 e. The molecular weight excluding hydrogens is 284 g/mol. The van der Waals surface area contributed by atoms with E-state index in [0.717, 1.165) is 16.5 Å². The quantitative estimate of drug-likeness (QED) is 0.762. The van der Waals surface area contributed by atoms with Crippen LogP contribution < -0.4 is 10.5 Å². The number of hydrogen-bond acceptors (Lipinski definition) is 3. The molecule has 4 heteroatoms. The van der Waals surface area contributed by atoms with Gasteiger partial charge in [0.05, 0.1) is 16.7 Å². The molecule has 0 aliphatic heterocycles. The maximum absolute atomic E-state index is 6.24. The molecule has 2 aromatic carbocycles. The van der Waals surface area contributed by atoms with Gasteiger partial charge in [0.15, 0.2) is 0 Å². The number of ether oxygens (including phenoxy) is 1. The summed E-state index contributed by atoms with van der Waals surface area (Å²) in [6, 6.07) is 15.3. The van der Waals surface area contributed by atoms with Crippen molar-refractivity contribution in [2.75, 3.05) is 0 Å². The summed E-state index contributed by atoms with van der Waals surface area (Å²) in [5, 5.41) is 1.57. The van der Waals surface area contributed by atoms with Crippen LogP contribution in [0.1, 0.15) is 18.5 Å². The lowest BCUT2D eigenvalue weighted by Crippen LogP contribution is -2.04. The molecule has 0 aliphatic rings. The minimum atomic E-state index is -0.0566. The average molecular weight is 299 g/mol. The number of benzene rings is 2. The van der Waals surface area contributed by atoms with E-state index in [1.807, 2.05) is 55.5 Å². The van der Waals surface area contributed by atoms with Crippen LogP contribution in [0.3, 0.4) is 0 Å². The second kappa shape index (κ2) is 5.72. The fraction of sp³-hybridized carbons (Fsp3) is 0.118. The maximum atomic E-state index is 6.24. The summed E-state index contributed by atoms with van der Waals surface area (Å²) in [4.78, 5) is 4.36. The summed E-state index contributed by atoms with van der Waals surface area (Å²) >= 11 is 6.24. The largest absolute Gasteiger partial charge is 0.454 e. The molecule has 1 heterocycles. The monoisotopic (exact) mass is 298 g/mol. The summed E-state index contributed by atoms with van der Waals surface area (Å²) in [5.74, 6) is 1.25. The number of rotatable bonds is 3.